The number of thiazole rings is 1. The topological polar surface area (TPSA) is 49.8 Å². The third-order valence-corrected chi connectivity index (χ3v) is 4.44. The van der Waals surface area contributed by atoms with E-state index >= 15 is 0 Å². The molecule has 0 aliphatic carbocycles. The summed E-state index contributed by atoms with van der Waals surface area (Å²) < 4.78 is 5.75. The van der Waals surface area contributed by atoms with Gasteiger partial charge < -0.3 is 15.0 Å². The zero-order valence-electron chi connectivity index (χ0n) is 16.0. The first-order chi connectivity index (χ1) is 12.1. The van der Waals surface area contributed by atoms with Gasteiger partial charge in [-0.2, -0.15) is 0 Å². The van der Waals surface area contributed by atoms with Gasteiger partial charge in [-0.25, -0.2) is 4.98 Å². The normalized spacial score (nSPS) is 11.0. The van der Waals surface area contributed by atoms with Crippen LogP contribution in [0.2, 0.25) is 0 Å². The molecular weight excluding hydrogens is 459 g/mol. The molecule has 1 N–H and O–H groups in total. The number of ether oxygens (including phenoxy) is 1. The fraction of sp³-hybridized carbons (Fsp3) is 0.474. The van der Waals surface area contributed by atoms with Crippen LogP contribution in [0.1, 0.15) is 29.6 Å². The first kappa shape index (κ1) is 22.7. The number of nitrogens with zero attached hydrogens (tertiary/aromatic N) is 3. The van der Waals surface area contributed by atoms with Crippen molar-refractivity contribution in [2.24, 2.45) is 4.99 Å². The third-order valence-electron chi connectivity index (χ3n) is 3.62. The smallest absolute Gasteiger partial charge is 0.194 e. The highest BCUT2D eigenvalue weighted by molar-refractivity contribution is 14.0. The van der Waals surface area contributed by atoms with Crippen molar-refractivity contribution in [3.63, 3.8) is 0 Å². The van der Waals surface area contributed by atoms with E-state index in [0.717, 1.165) is 48.5 Å². The summed E-state index contributed by atoms with van der Waals surface area (Å²) in [7, 11) is 2.04. The maximum Gasteiger partial charge on any atom is 0.194 e. The lowest BCUT2D eigenvalue weighted by molar-refractivity contribution is 0.313. The molecular formula is C19H29IN4OS. The van der Waals surface area contributed by atoms with E-state index in [9.17, 15) is 0 Å². The SMILES string of the molecule is CCNC(=NCCCOc1ccc(C)cc1)N(C)Cc1csc(C)n1.I. The molecule has 144 valence electrons. The highest BCUT2D eigenvalue weighted by atomic mass is 127. The van der Waals surface area contributed by atoms with Crippen molar-refractivity contribution in [2.45, 2.75) is 33.7 Å². The summed E-state index contributed by atoms with van der Waals surface area (Å²) >= 11 is 1.68. The molecule has 1 aromatic heterocycles. The number of halogens is 1. The van der Waals surface area contributed by atoms with Crippen molar-refractivity contribution in [3.05, 3.63) is 45.9 Å². The number of aromatic nitrogens is 1. The van der Waals surface area contributed by atoms with Crippen LogP contribution < -0.4 is 10.1 Å². The molecule has 0 unspecified atom stereocenters. The Morgan fingerprint density at radius 1 is 1.27 bits per heavy atom. The average molecular weight is 488 g/mol. The zero-order valence-corrected chi connectivity index (χ0v) is 19.1. The third kappa shape index (κ3) is 7.90. The summed E-state index contributed by atoms with van der Waals surface area (Å²) in [6, 6.07) is 8.14. The van der Waals surface area contributed by atoms with Gasteiger partial charge in [0, 0.05) is 31.9 Å². The van der Waals surface area contributed by atoms with E-state index in [2.05, 4.69) is 51.6 Å². The van der Waals surface area contributed by atoms with E-state index in [1.807, 2.05) is 26.1 Å². The van der Waals surface area contributed by atoms with Crippen LogP contribution in [0.5, 0.6) is 5.75 Å². The van der Waals surface area contributed by atoms with Crippen LogP contribution in [0.3, 0.4) is 0 Å². The lowest BCUT2D eigenvalue weighted by Gasteiger charge is -2.21. The molecule has 2 rings (SSSR count). The zero-order chi connectivity index (χ0) is 18.1. The van der Waals surface area contributed by atoms with Gasteiger partial charge in [-0.15, -0.1) is 35.3 Å². The van der Waals surface area contributed by atoms with Crippen LogP contribution in [0.25, 0.3) is 0 Å². The second kappa shape index (κ2) is 12.1. The van der Waals surface area contributed by atoms with Gasteiger partial charge in [-0.3, -0.25) is 4.99 Å². The second-order valence-electron chi connectivity index (χ2n) is 5.96. The van der Waals surface area contributed by atoms with Gasteiger partial charge in [0.1, 0.15) is 5.75 Å². The number of aryl methyl sites for hydroxylation is 2. The minimum Gasteiger partial charge on any atom is -0.494 e. The van der Waals surface area contributed by atoms with Crippen LogP contribution >= 0.6 is 35.3 Å². The van der Waals surface area contributed by atoms with Gasteiger partial charge >= 0.3 is 0 Å². The van der Waals surface area contributed by atoms with Crippen LogP contribution in [0, 0.1) is 13.8 Å². The predicted molar refractivity (Wildman–Crippen MR) is 121 cm³/mol. The van der Waals surface area contributed by atoms with Crippen molar-refractivity contribution in [3.8, 4) is 5.75 Å². The molecule has 0 amide bonds. The van der Waals surface area contributed by atoms with Crippen molar-refractivity contribution in [1.82, 2.24) is 15.2 Å². The summed E-state index contributed by atoms with van der Waals surface area (Å²) in [6.45, 7) is 9.19. The Morgan fingerprint density at radius 3 is 2.62 bits per heavy atom. The molecule has 0 saturated heterocycles. The first-order valence-corrected chi connectivity index (χ1v) is 9.56. The molecule has 0 bridgehead atoms. The Labute approximate surface area is 177 Å². The summed E-state index contributed by atoms with van der Waals surface area (Å²) in [4.78, 5) is 11.3. The molecule has 0 aliphatic heterocycles. The number of guanidine groups is 1. The van der Waals surface area contributed by atoms with Crippen molar-refractivity contribution in [1.29, 1.82) is 0 Å². The van der Waals surface area contributed by atoms with Crippen LogP contribution in [-0.2, 0) is 6.54 Å². The molecule has 2 aromatic rings. The Kier molecular flexibility index (Phi) is 10.6. The van der Waals surface area contributed by atoms with Crippen molar-refractivity contribution < 1.29 is 4.74 Å². The second-order valence-corrected chi connectivity index (χ2v) is 7.03. The van der Waals surface area contributed by atoms with E-state index in [4.69, 9.17) is 4.74 Å². The number of hydrogen-bond acceptors (Lipinski definition) is 4. The maximum absolute atomic E-state index is 5.75. The van der Waals surface area contributed by atoms with Gasteiger partial charge in [-0.05, 0) is 32.9 Å². The van der Waals surface area contributed by atoms with Gasteiger partial charge in [0.25, 0.3) is 0 Å². The lowest BCUT2D eigenvalue weighted by Crippen LogP contribution is -2.38. The number of hydrogen-bond donors (Lipinski definition) is 1. The Hall–Kier alpha value is -1.35. The van der Waals surface area contributed by atoms with E-state index in [1.54, 1.807) is 11.3 Å². The molecule has 0 spiro atoms. The standard InChI is InChI=1S/C19H28N4OS.HI/c1-5-20-19(23(4)13-17-14-25-16(3)22-17)21-11-6-12-24-18-9-7-15(2)8-10-18;/h7-10,14H,5-6,11-13H2,1-4H3,(H,20,21);1H. The van der Waals surface area contributed by atoms with E-state index in [-0.39, 0.29) is 24.0 Å². The number of rotatable bonds is 8. The lowest BCUT2D eigenvalue weighted by atomic mass is 10.2. The Bertz CT molecular complexity index is 672. The molecule has 1 heterocycles. The largest absolute Gasteiger partial charge is 0.494 e. The van der Waals surface area contributed by atoms with Gasteiger partial charge in [-0.1, -0.05) is 17.7 Å². The van der Waals surface area contributed by atoms with Gasteiger partial charge in [0.05, 0.1) is 23.9 Å². The first-order valence-electron chi connectivity index (χ1n) is 8.68. The molecule has 5 nitrogen and oxygen atoms in total. The Morgan fingerprint density at radius 2 is 2.00 bits per heavy atom. The molecule has 0 fully saturated rings. The van der Waals surface area contributed by atoms with E-state index in [1.165, 1.54) is 5.56 Å². The molecule has 26 heavy (non-hydrogen) atoms. The highest BCUT2D eigenvalue weighted by Gasteiger charge is 2.08. The number of aliphatic imine (C=N–C) groups is 1. The Balaban J connectivity index is 0.00000338. The van der Waals surface area contributed by atoms with E-state index < -0.39 is 0 Å². The fourth-order valence-corrected chi connectivity index (χ4v) is 2.95. The van der Waals surface area contributed by atoms with Crippen molar-refractivity contribution in [2.75, 3.05) is 26.7 Å². The van der Waals surface area contributed by atoms with Gasteiger partial charge in [0.2, 0.25) is 0 Å². The summed E-state index contributed by atoms with van der Waals surface area (Å²) in [5, 5.41) is 6.53. The minimum atomic E-state index is 0. The average Bonchev–Trinajstić information content (AvgIpc) is 3.00. The molecule has 1 aromatic carbocycles. The quantitative estimate of drug-likeness (QED) is 0.261. The summed E-state index contributed by atoms with van der Waals surface area (Å²) in [6.07, 6.45) is 0.881. The molecule has 0 radical (unpaired) electrons. The number of benzene rings is 1. The molecule has 7 heteroatoms. The highest BCUT2D eigenvalue weighted by Crippen LogP contribution is 2.12. The van der Waals surface area contributed by atoms with Crippen LogP contribution in [0.15, 0.2) is 34.6 Å². The minimum absolute atomic E-state index is 0. The molecule has 0 saturated carbocycles. The molecule has 0 atom stereocenters. The molecule has 0 aliphatic rings. The summed E-state index contributed by atoms with van der Waals surface area (Å²) in [5.74, 6) is 1.82. The monoisotopic (exact) mass is 488 g/mol. The maximum atomic E-state index is 5.75. The van der Waals surface area contributed by atoms with E-state index in [0.29, 0.717) is 6.61 Å². The van der Waals surface area contributed by atoms with Crippen LogP contribution in [-0.4, -0.2) is 42.6 Å². The fourth-order valence-electron chi connectivity index (χ4n) is 2.34. The van der Waals surface area contributed by atoms with Crippen molar-refractivity contribution >= 4 is 41.3 Å². The summed E-state index contributed by atoms with van der Waals surface area (Å²) in [5.41, 5.74) is 2.32. The predicted octanol–water partition coefficient (Wildman–Crippen LogP) is 4.24. The van der Waals surface area contributed by atoms with Crippen LogP contribution in [0.4, 0.5) is 0 Å². The van der Waals surface area contributed by atoms with Gasteiger partial charge in [0.15, 0.2) is 5.96 Å². The number of nitrogens with one attached hydrogen (secondary N) is 1.